The normalized spacial score (nSPS) is 11.9. The molecule has 0 aliphatic rings. The summed E-state index contributed by atoms with van der Waals surface area (Å²) in [5, 5.41) is 9.01. The van der Waals surface area contributed by atoms with E-state index in [1.165, 1.54) is 12.1 Å². The Labute approximate surface area is 177 Å². The van der Waals surface area contributed by atoms with E-state index >= 15 is 0 Å². The number of rotatable bonds is 6. The molecule has 1 heterocycles. The molecule has 0 unspecified atom stereocenters. The van der Waals surface area contributed by atoms with Gasteiger partial charge in [-0.2, -0.15) is 0 Å². The Hall–Kier alpha value is -1.56. The summed E-state index contributed by atoms with van der Waals surface area (Å²) in [7, 11) is 1.59. The number of para-hydroxylation sites is 1. The first-order chi connectivity index (χ1) is 12.3. The molecule has 0 saturated heterocycles. The lowest BCUT2D eigenvalue weighted by atomic mass is 10.2. The lowest BCUT2D eigenvalue weighted by Gasteiger charge is -2.15. The van der Waals surface area contributed by atoms with Crippen molar-refractivity contribution in [1.82, 2.24) is 15.6 Å². The quantitative estimate of drug-likeness (QED) is 0.335. The monoisotopic (exact) mass is 514 g/mol. The van der Waals surface area contributed by atoms with Crippen molar-refractivity contribution >= 4 is 41.3 Å². The molecule has 0 saturated carbocycles. The molecule has 5 nitrogen and oxygen atoms in total. The number of thiazole rings is 1. The maximum atomic E-state index is 12.5. The molecule has 0 radical (unpaired) electrons. The molecular formula is C17H22F3IN4OS. The lowest BCUT2D eigenvalue weighted by molar-refractivity contribution is -0.274. The van der Waals surface area contributed by atoms with Crippen LogP contribution in [-0.2, 0) is 13.1 Å². The summed E-state index contributed by atoms with van der Waals surface area (Å²) >= 11 is 1.55. The van der Waals surface area contributed by atoms with E-state index in [4.69, 9.17) is 0 Å². The first-order valence-corrected chi connectivity index (χ1v) is 8.89. The largest absolute Gasteiger partial charge is 0.573 e. The third-order valence-corrected chi connectivity index (χ3v) is 4.30. The van der Waals surface area contributed by atoms with Gasteiger partial charge in [-0.05, 0) is 12.0 Å². The number of nitrogens with zero attached hydrogens (tertiary/aromatic N) is 2. The highest BCUT2D eigenvalue weighted by Crippen LogP contribution is 2.26. The van der Waals surface area contributed by atoms with E-state index < -0.39 is 6.36 Å². The number of hydrogen-bond acceptors (Lipinski definition) is 4. The second kappa shape index (κ2) is 10.7. The molecular weight excluding hydrogens is 492 g/mol. The van der Waals surface area contributed by atoms with Gasteiger partial charge in [0.1, 0.15) is 10.8 Å². The van der Waals surface area contributed by atoms with E-state index in [-0.39, 0.29) is 36.3 Å². The number of hydrogen-bond donors (Lipinski definition) is 2. The Morgan fingerprint density at radius 1 is 1.22 bits per heavy atom. The van der Waals surface area contributed by atoms with Crippen molar-refractivity contribution < 1.29 is 17.9 Å². The number of aliphatic imine (C=N–C) groups is 1. The van der Waals surface area contributed by atoms with Crippen LogP contribution in [0.3, 0.4) is 0 Å². The smallest absolute Gasteiger partial charge is 0.405 e. The molecule has 0 spiro atoms. The summed E-state index contributed by atoms with van der Waals surface area (Å²) in [6, 6.07) is 5.99. The van der Waals surface area contributed by atoms with Crippen LogP contribution in [-0.4, -0.2) is 24.4 Å². The number of aromatic nitrogens is 1. The highest BCUT2D eigenvalue weighted by Gasteiger charge is 2.31. The molecule has 0 atom stereocenters. The van der Waals surface area contributed by atoms with Crippen molar-refractivity contribution in [2.45, 2.75) is 39.2 Å². The first kappa shape index (κ1) is 23.5. The van der Waals surface area contributed by atoms with Crippen molar-refractivity contribution in [3.63, 3.8) is 0 Å². The van der Waals surface area contributed by atoms with Crippen molar-refractivity contribution in [3.8, 4) is 5.75 Å². The maximum absolute atomic E-state index is 12.5. The van der Waals surface area contributed by atoms with Crippen molar-refractivity contribution in [1.29, 1.82) is 0 Å². The number of nitrogens with one attached hydrogen (secondary N) is 2. The predicted molar refractivity (Wildman–Crippen MR) is 112 cm³/mol. The van der Waals surface area contributed by atoms with Crippen LogP contribution in [0.2, 0.25) is 0 Å². The molecule has 1 aromatic heterocycles. The van der Waals surface area contributed by atoms with Crippen LogP contribution in [0.15, 0.2) is 34.6 Å². The molecule has 10 heteroatoms. The van der Waals surface area contributed by atoms with Gasteiger partial charge in [-0.3, -0.25) is 4.99 Å². The van der Waals surface area contributed by atoms with E-state index in [0.717, 1.165) is 10.7 Å². The summed E-state index contributed by atoms with van der Waals surface area (Å²) in [4.78, 5) is 8.59. The van der Waals surface area contributed by atoms with Crippen LogP contribution in [0.25, 0.3) is 0 Å². The zero-order valence-corrected chi connectivity index (χ0v) is 18.3. The van der Waals surface area contributed by atoms with Gasteiger partial charge in [-0.15, -0.1) is 48.5 Å². The van der Waals surface area contributed by atoms with Crippen LogP contribution < -0.4 is 15.4 Å². The Kier molecular flexibility index (Phi) is 9.30. The molecule has 150 valence electrons. The standard InChI is InChI=1S/C17H21F3N4OS.HI/c1-11(2)13-10-26-15(24-13)9-23-16(21-3)22-8-12-6-4-5-7-14(12)25-17(18,19)20;/h4-7,10-11H,8-9H2,1-3H3,(H2,21,22,23);1H. The fourth-order valence-corrected chi connectivity index (χ4v) is 3.00. The Bertz CT molecular complexity index is 750. The Morgan fingerprint density at radius 3 is 2.48 bits per heavy atom. The lowest BCUT2D eigenvalue weighted by Crippen LogP contribution is -2.36. The maximum Gasteiger partial charge on any atom is 0.573 e. The van der Waals surface area contributed by atoms with Gasteiger partial charge in [0, 0.05) is 24.5 Å². The van der Waals surface area contributed by atoms with Crippen molar-refractivity contribution in [2.24, 2.45) is 4.99 Å². The average Bonchev–Trinajstić information content (AvgIpc) is 3.04. The van der Waals surface area contributed by atoms with Gasteiger partial charge in [0.2, 0.25) is 0 Å². The minimum atomic E-state index is -4.73. The average molecular weight is 514 g/mol. The number of halogens is 4. The Morgan fingerprint density at radius 2 is 1.89 bits per heavy atom. The molecule has 2 rings (SSSR count). The van der Waals surface area contributed by atoms with Gasteiger partial charge in [-0.1, -0.05) is 32.0 Å². The second-order valence-electron chi connectivity index (χ2n) is 5.76. The fourth-order valence-electron chi connectivity index (χ4n) is 2.10. The molecule has 0 aliphatic carbocycles. The van der Waals surface area contributed by atoms with E-state index in [1.807, 2.05) is 5.38 Å². The van der Waals surface area contributed by atoms with Crippen molar-refractivity contribution in [2.75, 3.05) is 7.05 Å². The number of guanidine groups is 1. The van der Waals surface area contributed by atoms with Gasteiger partial charge in [0.05, 0.1) is 12.2 Å². The van der Waals surface area contributed by atoms with Crippen LogP contribution >= 0.6 is 35.3 Å². The Balaban J connectivity index is 0.00000364. The van der Waals surface area contributed by atoms with Gasteiger partial charge >= 0.3 is 6.36 Å². The highest BCUT2D eigenvalue weighted by molar-refractivity contribution is 14.0. The molecule has 0 amide bonds. The van der Waals surface area contributed by atoms with Crippen LogP contribution in [0.4, 0.5) is 13.2 Å². The zero-order valence-electron chi connectivity index (χ0n) is 15.1. The summed E-state index contributed by atoms with van der Waals surface area (Å²) in [6.45, 7) is 4.78. The van der Waals surface area contributed by atoms with Crippen LogP contribution in [0, 0.1) is 0 Å². The van der Waals surface area contributed by atoms with E-state index in [2.05, 4.69) is 39.2 Å². The van der Waals surface area contributed by atoms with Gasteiger partial charge in [0.15, 0.2) is 5.96 Å². The molecule has 0 bridgehead atoms. The third-order valence-electron chi connectivity index (χ3n) is 3.44. The summed E-state index contributed by atoms with van der Waals surface area (Å²) in [5.41, 5.74) is 1.41. The van der Waals surface area contributed by atoms with E-state index in [1.54, 1.807) is 30.5 Å². The summed E-state index contributed by atoms with van der Waals surface area (Å²) < 4.78 is 41.5. The van der Waals surface area contributed by atoms with Crippen LogP contribution in [0.5, 0.6) is 5.75 Å². The first-order valence-electron chi connectivity index (χ1n) is 8.01. The van der Waals surface area contributed by atoms with E-state index in [9.17, 15) is 13.2 Å². The summed E-state index contributed by atoms with van der Waals surface area (Å²) in [6.07, 6.45) is -4.73. The van der Waals surface area contributed by atoms with E-state index in [0.29, 0.717) is 24.0 Å². The topological polar surface area (TPSA) is 58.5 Å². The van der Waals surface area contributed by atoms with Crippen LogP contribution in [0.1, 0.15) is 36.0 Å². The predicted octanol–water partition coefficient (Wildman–Crippen LogP) is 4.65. The zero-order chi connectivity index (χ0) is 19.2. The number of alkyl halides is 3. The molecule has 0 fully saturated rings. The number of benzene rings is 1. The molecule has 0 aliphatic heterocycles. The van der Waals surface area contributed by atoms with Gasteiger partial charge in [0.25, 0.3) is 0 Å². The van der Waals surface area contributed by atoms with Crippen molar-refractivity contribution in [3.05, 3.63) is 45.9 Å². The molecule has 1 aromatic carbocycles. The van der Waals surface area contributed by atoms with Gasteiger partial charge in [-0.25, -0.2) is 4.98 Å². The minimum absolute atomic E-state index is 0. The molecule has 27 heavy (non-hydrogen) atoms. The second-order valence-corrected chi connectivity index (χ2v) is 6.70. The van der Waals surface area contributed by atoms with Gasteiger partial charge < -0.3 is 15.4 Å². The molecule has 2 aromatic rings. The highest BCUT2D eigenvalue weighted by atomic mass is 127. The molecule has 2 N–H and O–H groups in total. The summed E-state index contributed by atoms with van der Waals surface area (Å²) in [5.74, 6) is 0.597. The SMILES string of the molecule is CN=C(NCc1nc(C(C)C)cs1)NCc1ccccc1OC(F)(F)F.I. The number of ether oxygens (including phenoxy) is 1. The minimum Gasteiger partial charge on any atom is -0.405 e. The third kappa shape index (κ3) is 7.91. The fraction of sp³-hybridized carbons (Fsp3) is 0.412.